The first-order chi connectivity index (χ1) is 13.2. The number of likely N-dealkylation sites (tertiary alicyclic amines) is 1. The second kappa shape index (κ2) is 8.39. The van der Waals surface area contributed by atoms with Crippen molar-refractivity contribution in [3.8, 4) is 0 Å². The predicted molar refractivity (Wildman–Crippen MR) is 109 cm³/mol. The van der Waals surface area contributed by atoms with E-state index in [0.29, 0.717) is 56.8 Å². The van der Waals surface area contributed by atoms with Crippen LogP contribution >= 0.6 is 0 Å². The molecule has 1 amide bonds. The van der Waals surface area contributed by atoms with Gasteiger partial charge in [-0.15, -0.1) is 0 Å². The van der Waals surface area contributed by atoms with Crippen molar-refractivity contribution in [2.75, 3.05) is 58.4 Å². The van der Waals surface area contributed by atoms with Crippen molar-refractivity contribution in [1.29, 1.82) is 0 Å². The number of rotatable bonds is 4. The molecule has 2 heterocycles. The van der Waals surface area contributed by atoms with E-state index in [1.54, 1.807) is 18.2 Å². The maximum absolute atomic E-state index is 13.5. The van der Waals surface area contributed by atoms with Gasteiger partial charge < -0.3 is 14.5 Å². The van der Waals surface area contributed by atoms with Gasteiger partial charge in [-0.3, -0.25) is 4.79 Å². The third-order valence-electron chi connectivity index (χ3n) is 5.48. The van der Waals surface area contributed by atoms with E-state index in [2.05, 4.69) is 18.7 Å². The van der Waals surface area contributed by atoms with E-state index >= 15 is 0 Å². The molecule has 0 N–H and O–H groups in total. The molecule has 2 aliphatic rings. The number of carbonyl (C=O) groups excluding carboxylic acids is 1. The van der Waals surface area contributed by atoms with E-state index in [0.717, 1.165) is 12.1 Å². The largest absolute Gasteiger partial charge is 0.378 e. The molecule has 0 saturated carbocycles. The van der Waals surface area contributed by atoms with Crippen LogP contribution in [0.2, 0.25) is 0 Å². The van der Waals surface area contributed by atoms with Crippen LogP contribution in [0.1, 0.15) is 30.6 Å². The van der Waals surface area contributed by atoms with Gasteiger partial charge in [-0.25, -0.2) is 12.7 Å². The van der Waals surface area contributed by atoms with Crippen molar-refractivity contribution in [2.24, 2.45) is 11.8 Å². The van der Waals surface area contributed by atoms with Crippen LogP contribution in [0.5, 0.6) is 0 Å². The Morgan fingerprint density at radius 1 is 1.11 bits per heavy atom. The third-order valence-corrected chi connectivity index (χ3v) is 7.30. The lowest BCUT2D eigenvalue weighted by molar-refractivity contribution is 0.0622. The minimum absolute atomic E-state index is 0.0873. The molecule has 0 aromatic heterocycles. The average molecular weight is 410 g/mol. The van der Waals surface area contributed by atoms with Gasteiger partial charge in [0.1, 0.15) is 0 Å². The Bertz CT molecular complexity index is 809. The fourth-order valence-corrected chi connectivity index (χ4v) is 5.07. The average Bonchev–Trinajstić information content (AvgIpc) is 2.66. The van der Waals surface area contributed by atoms with Gasteiger partial charge in [-0.05, 0) is 36.5 Å². The Morgan fingerprint density at radius 3 is 2.29 bits per heavy atom. The number of anilines is 1. The summed E-state index contributed by atoms with van der Waals surface area (Å²) in [7, 11) is -0.612. The van der Waals surface area contributed by atoms with E-state index in [-0.39, 0.29) is 10.8 Å². The zero-order valence-electron chi connectivity index (χ0n) is 17.2. The number of nitrogens with zero attached hydrogens (tertiary/aromatic N) is 3. The van der Waals surface area contributed by atoms with Crippen LogP contribution < -0.4 is 4.90 Å². The summed E-state index contributed by atoms with van der Waals surface area (Å²) in [5.74, 6) is 0.789. The summed E-state index contributed by atoms with van der Waals surface area (Å²) in [5, 5.41) is 0. The highest BCUT2D eigenvalue weighted by molar-refractivity contribution is 7.89. The fraction of sp³-hybridized carbons (Fsp3) is 0.650. The molecule has 3 rings (SSSR count). The topological polar surface area (TPSA) is 70.2 Å². The van der Waals surface area contributed by atoms with E-state index in [4.69, 9.17) is 4.74 Å². The lowest BCUT2D eigenvalue weighted by Gasteiger charge is -2.36. The van der Waals surface area contributed by atoms with Crippen molar-refractivity contribution in [3.05, 3.63) is 23.8 Å². The van der Waals surface area contributed by atoms with Gasteiger partial charge in [0.25, 0.3) is 5.91 Å². The molecule has 7 nitrogen and oxygen atoms in total. The van der Waals surface area contributed by atoms with Crippen molar-refractivity contribution in [1.82, 2.24) is 9.21 Å². The first-order valence-corrected chi connectivity index (χ1v) is 11.3. The number of sulfonamides is 1. The molecule has 1 aromatic rings. The Kier molecular flexibility index (Phi) is 6.31. The first-order valence-electron chi connectivity index (χ1n) is 9.88. The lowest BCUT2D eigenvalue weighted by Crippen LogP contribution is -2.44. The van der Waals surface area contributed by atoms with Crippen LogP contribution in [-0.4, -0.2) is 77.0 Å². The summed E-state index contributed by atoms with van der Waals surface area (Å²) in [6, 6.07) is 4.91. The molecule has 0 aliphatic carbocycles. The van der Waals surface area contributed by atoms with Gasteiger partial charge >= 0.3 is 0 Å². The number of benzene rings is 1. The molecule has 2 aliphatic heterocycles. The molecule has 2 unspecified atom stereocenters. The maximum atomic E-state index is 13.5. The highest BCUT2D eigenvalue weighted by Gasteiger charge is 2.30. The summed E-state index contributed by atoms with van der Waals surface area (Å²) in [4.78, 5) is 17.6. The van der Waals surface area contributed by atoms with Gasteiger partial charge in [0.2, 0.25) is 10.0 Å². The van der Waals surface area contributed by atoms with E-state index in [1.807, 2.05) is 4.90 Å². The summed E-state index contributed by atoms with van der Waals surface area (Å²) >= 11 is 0. The van der Waals surface area contributed by atoms with Gasteiger partial charge in [0.15, 0.2) is 0 Å². The normalized spacial score (nSPS) is 23.9. The third kappa shape index (κ3) is 4.34. The van der Waals surface area contributed by atoms with Crippen molar-refractivity contribution < 1.29 is 17.9 Å². The van der Waals surface area contributed by atoms with Gasteiger partial charge in [-0.2, -0.15) is 0 Å². The van der Waals surface area contributed by atoms with Crippen LogP contribution in [0.3, 0.4) is 0 Å². The monoisotopic (exact) mass is 409 g/mol. The van der Waals surface area contributed by atoms with Crippen LogP contribution in [0.4, 0.5) is 5.69 Å². The number of amides is 1. The Labute approximate surface area is 168 Å². The van der Waals surface area contributed by atoms with Gasteiger partial charge in [0, 0.05) is 46.0 Å². The lowest BCUT2D eigenvalue weighted by atomic mass is 9.91. The number of ether oxygens (including phenoxy) is 1. The molecule has 0 spiro atoms. The molecule has 2 fully saturated rings. The number of carbonyl (C=O) groups is 1. The molecule has 8 heteroatoms. The predicted octanol–water partition coefficient (Wildman–Crippen LogP) is 1.89. The van der Waals surface area contributed by atoms with Crippen molar-refractivity contribution in [2.45, 2.75) is 25.2 Å². The number of piperidine rings is 1. The standard InChI is InChI=1S/C20H31N3O4S/c1-15-11-16(2)14-23(13-15)20(24)18-12-17(28(25,26)21(3)4)5-6-19(18)22-7-9-27-10-8-22/h5-6,12,15-16H,7-11,13-14H2,1-4H3. The Morgan fingerprint density at radius 2 is 1.71 bits per heavy atom. The van der Waals surface area contributed by atoms with E-state index in [9.17, 15) is 13.2 Å². The minimum atomic E-state index is -3.61. The Hall–Kier alpha value is -1.64. The zero-order chi connectivity index (χ0) is 20.5. The molecular formula is C20H31N3O4S. The van der Waals surface area contributed by atoms with Crippen molar-refractivity contribution >= 4 is 21.6 Å². The molecule has 156 valence electrons. The summed E-state index contributed by atoms with van der Waals surface area (Å²) in [6.07, 6.45) is 1.11. The molecule has 1 aromatic carbocycles. The minimum Gasteiger partial charge on any atom is -0.378 e. The summed E-state index contributed by atoms with van der Waals surface area (Å²) in [6.45, 7) is 8.30. The van der Waals surface area contributed by atoms with Crippen LogP contribution in [0, 0.1) is 11.8 Å². The van der Waals surface area contributed by atoms with Crippen LogP contribution in [0.25, 0.3) is 0 Å². The molecule has 0 radical (unpaired) electrons. The van der Waals surface area contributed by atoms with Gasteiger partial charge in [-0.1, -0.05) is 13.8 Å². The second-order valence-corrected chi connectivity index (χ2v) is 10.4. The quantitative estimate of drug-likeness (QED) is 0.760. The highest BCUT2D eigenvalue weighted by Crippen LogP contribution is 2.30. The summed E-state index contributed by atoms with van der Waals surface area (Å²) < 4.78 is 31.9. The highest BCUT2D eigenvalue weighted by atomic mass is 32.2. The first kappa shape index (κ1) is 21.1. The van der Waals surface area contributed by atoms with E-state index < -0.39 is 10.0 Å². The molecule has 28 heavy (non-hydrogen) atoms. The number of hydrogen-bond donors (Lipinski definition) is 0. The zero-order valence-corrected chi connectivity index (χ0v) is 18.0. The number of hydrogen-bond acceptors (Lipinski definition) is 5. The second-order valence-electron chi connectivity index (χ2n) is 8.22. The van der Waals surface area contributed by atoms with E-state index in [1.165, 1.54) is 18.4 Å². The van der Waals surface area contributed by atoms with Gasteiger partial charge in [0.05, 0.1) is 23.7 Å². The smallest absolute Gasteiger partial charge is 0.256 e. The maximum Gasteiger partial charge on any atom is 0.256 e. The summed E-state index contributed by atoms with van der Waals surface area (Å²) in [5.41, 5.74) is 1.25. The molecule has 0 bridgehead atoms. The van der Waals surface area contributed by atoms with Crippen LogP contribution in [0.15, 0.2) is 23.1 Å². The molecule has 2 atom stereocenters. The SMILES string of the molecule is CC1CC(C)CN(C(=O)c2cc(S(=O)(=O)N(C)C)ccc2N2CCOCC2)C1. The van der Waals surface area contributed by atoms with Crippen LogP contribution in [-0.2, 0) is 14.8 Å². The fourth-order valence-electron chi connectivity index (χ4n) is 4.14. The number of morpholine rings is 1. The molecule has 2 saturated heterocycles. The van der Waals surface area contributed by atoms with Crippen molar-refractivity contribution in [3.63, 3.8) is 0 Å². The Balaban J connectivity index is 2.02. The molecular weight excluding hydrogens is 378 g/mol.